The Bertz CT molecular complexity index is 212. The predicted octanol–water partition coefficient (Wildman–Crippen LogP) is 3.34. The van der Waals surface area contributed by atoms with Gasteiger partial charge in [-0.1, -0.05) is 0 Å². The van der Waals surface area contributed by atoms with Gasteiger partial charge in [0, 0.05) is 16.1 Å². The van der Waals surface area contributed by atoms with E-state index in [0.29, 0.717) is 5.92 Å². The van der Waals surface area contributed by atoms with Gasteiger partial charge >= 0.3 is 7.82 Å². The van der Waals surface area contributed by atoms with E-state index in [9.17, 15) is 0 Å². The van der Waals surface area contributed by atoms with Crippen LogP contribution in [0.2, 0.25) is 0 Å². The minimum Gasteiger partial charge on any atom is -0.303 e. The van der Waals surface area contributed by atoms with Crippen LogP contribution in [-0.4, -0.2) is 30.8 Å². The highest BCUT2D eigenvalue weighted by Gasteiger charge is 2.19. The molecule has 3 N–H and O–H groups in total. The van der Waals surface area contributed by atoms with Gasteiger partial charge in [0.05, 0.1) is 0 Å². The van der Waals surface area contributed by atoms with Crippen molar-refractivity contribution in [2.75, 3.05) is 0 Å². The first-order valence-corrected chi connectivity index (χ1v) is 8.01. The molecular formula is C9H20Cl3O4P. The lowest BCUT2D eigenvalue weighted by Crippen LogP contribution is -2.18. The van der Waals surface area contributed by atoms with Crippen LogP contribution in [0.4, 0.5) is 0 Å². The largest absolute Gasteiger partial charge is 0.466 e. The van der Waals surface area contributed by atoms with Gasteiger partial charge in [0.1, 0.15) is 0 Å². The summed E-state index contributed by atoms with van der Waals surface area (Å²) in [6.45, 7) is 5.99. The van der Waals surface area contributed by atoms with Crippen molar-refractivity contribution in [3.8, 4) is 0 Å². The number of hydrogen-bond acceptors (Lipinski definition) is 1. The average Bonchev–Trinajstić information content (AvgIpc) is 1.97. The van der Waals surface area contributed by atoms with Crippen LogP contribution in [0, 0.1) is 5.92 Å². The van der Waals surface area contributed by atoms with Gasteiger partial charge in [0.2, 0.25) is 0 Å². The lowest BCUT2D eigenvalue weighted by Gasteiger charge is -2.21. The molecule has 17 heavy (non-hydrogen) atoms. The predicted molar refractivity (Wildman–Crippen MR) is 72.9 cm³/mol. The third-order valence-electron chi connectivity index (χ3n) is 1.90. The lowest BCUT2D eigenvalue weighted by molar-refractivity contribution is 0.275. The molecule has 3 atom stereocenters. The summed E-state index contributed by atoms with van der Waals surface area (Å²) in [6.07, 6.45) is 1.90. The van der Waals surface area contributed by atoms with Crippen LogP contribution in [0.1, 0.15) is 33.6 Å². The van der Waals surface area contributed by atoms with E-state index in [2.05, 4.69) is 0 Å². The maximum Gasteiger partial charge on any atom is 0.466 e. The summed E-state index contributed by atoms with van der Waals surface area (Å²) in [5, 5.41) is 0.533. The fraction of sp³-hybridized carbons (Fsp3) is 1.00. The van der Waals surface area contributed by atoms with Crippen molar-refractivity contribution >= 4 is 42.6 Å². The second kappa shape index (κ2) is 9.85. The zero-order valence-corrected chi connectivity index (χ0v) is 13.2. The van der Waals surface area contributed by atoms with E-state index >= 15 is 0 Å². The Morgan fingerprint density at radius 3 is 1.29 bits per heavy atom. The van der Waals surface area contributed by atoms with Gasteiger partial charge in [-0.05, 0) is 39.5 Å². The fourth-order valence-corrected chi connectivity index (χ4v) is 1.97. The van der Waals surface area contributed by atoms with Crippen molar-refractivity contribution in [3.05, 3.63) is 0 Å². The van der Waals surface area contributed by atoms with Crippen molar-refractivity contribution in [1.29, 1.82) is 0 Å². The number of halogens is 3. The molecule has 0 saturated carbocycles. The molecule has 0 heterocycles. The number of phosphoric acid groups is 1. The SMILES string of the molecule is CC(Cl)CC(CC(C)Cl)C(C)Cl.O=P(O)(O)O. The first kappa shape index (κ1) is 20.3. The molecule has 0 aromatic rings. The average molecular weight is 330 g/mol. The second-order valence-electron chi connectivity index (χ2n) is 3.98. The molecule has 0 amide bonds. The summed E-state index contributed by atoms with van der Waals surface area (Å²) >= 11 is 17.8. The monoisotopic (exact) mass is 328 g/mol. The normalized spacial score (nSPS) is 18.6. The van der Waals surface area contributed by atoms with Gasteiger partial charge in [0.25, 0.3) is 0 Å². The van der Waals surface area contributed by atoms with Crippen LogP contribution in [0.3, 0.4) is 0 Å². The lowest BCUT2D eigenvalue weighted by atomic mass is 9.95. The third kappa shape index (κ3) is 22.6. The Kier molecular flexibility index (Phi) is 11.8. The molecule has 0 aliphatic heterocycles. The molecule has 0 aromatic heterocycles. The molecule has 0 fully saturated rings. The van der Waals surface area contributed by atoms with Crippen molar-refractivity contribution in [3.63, 3.8) is 0 Å². The molecule has 8 heteroatoms. The van der Waals surface area contributed by atoms with E-state index in [-0.39, 0.29) is 16.1 Å². The van der Waals surface area contributed by atoms with Crippen LogP contribution in [0.15, 0.2) is 0 Å². The minimum absolute atomic E-state index is 0.160. The molecule has 0 radical (unpaired) electrons. The van der Waals surface area contributed by atoms with Crippen LogP contribution in [-0.2, 0) is 4.57 Å². The molecule has 4 nitrogen and oxygen atoms in total. The standard InChI is InChI=1S/C9H17Cl3.H3O4P/c1-6(10)4-9(8(3)12)5-7(2)11;1-5(2,3)4/h6-9H,4-5H2,1-3H3;(H3,1,2,3,4). The van der Waals surface area contributed by atoms with Crippen LogP contribution < -0.4 is 0 Å². The first-order valence-electron chi connectivity index (χ1n) is 5.14. The highest BCUT2D eigenvalue weighted by molar-refractivity contribution is 7.45. The Balaban J connectivity index is 0. The second-order valence-corrected chi connectivity index (χ2v) is 7.19. The molecule has 0 saturated heterocycles. The Hall–Kier alpha value is 0.980. The van der Waals surface area contributed by atoms with Crippen molar-refractivity contribution in [2.45, 2.75) is 49.7 Å². The van der Waals surface area contributed by atoms with Crippen molar-refractivity contribution in [1.82, 2.24) is 0 Å². The minimum atomic E-state index is -4.64. The zero-order chi connectivity index (χ0) is 14.2. The summed E-state index contributed by atoms with van der Waals surface area (Å²) in [5.41, 5.74) is 0. The summed E-state index contributed by atoms with van der Waals surface area (Å²) in [7, 11) is -4.64. The molecule has 0 spiro atoms. The number of hydrogen-bond donors (Lipinski definition) is 3. The van der Waals surface area contributed by atoms with Crippen molar-refractivity contribution in [2.24, 2.45) is 5.92 Å². The summed E-state index contributed by atoms with van der Waals surface area (Å²) < 4.78 is 8.88. The third-order valence-corrected chi connectivity index (χ3v) is 2.62. The summed E-state index contributed by atoms with van der Waals surface area (Å²) in [6, 6.07) is 0. The quantitative estimate of drug-likeness (QED) is 0.534. The van der Waals surface area contributed by atoms with Gasteiger partial charge in [0.15, 0.2) is 0 Å². The molecule has 0 aromatic carbocycles. The van der Waals surface area contributed by atoms with E-state index in [1.807, 2.05) is 20.8 Å². The van der Waals surface area contributed by atoms with Gasteiger partial charge in [-0.2, -0.15) is 0 Å². The summed E-state index contributed by atoms with van der Waals surface area (Å²) in [4.78, 5) is 21.6. The van der Waals surface area contributed by atoms with Gasteiger partial charge in [-0.3, -0.25) is 0 Å². The zero-order valence-electron chi connectivity index (χ0n) is 10.1. The molecule has 0 aliphatic rings. The highest BCUT2D eigenvalue weighted by atomic mass is 35.5. The molecule has 0 aliphatic carbocycles. The maximum atomic E-state index is 8.88. The maximum absolute atomic E-state index is 8.88. The number of rotatable bonds is 5. The first-order chi connectivity index (χ1) is 7.43. The van der Waals surface area contributed by atoms with E-state index in [1.165, 1.54) is 0 Å². The summed E-state index contributed by atoms with van der Waals surface area (Å²) in [5.74, 6) is 0.437. The van der Waals surface area contributed by atoms with E-state index in [0.717, 1.165) is 12.8 Å². The van der Waals surface area contributed by atoms with Gasteiger partial charge in [-0.15, -0.1) is 34.8 Å². The molecule has 106 valence electrons. The number of alkyl halides is 3. The fourth-order valence-electron chi connectivity index (χ4n) is 1.31. The van der Waals surface area contributed by atoms with Crippen LogP contribution >= 0.6 is 42.6 Å². The Morgan fingerprint density at radius 1 is 0.941 bits per heavy atom. The van der Waals surface area contributed by atoms with E-state index in [1.54, 1.807) is 0 Å². The highest BCUT2D eigenvalue weighted by Crippen LogP contribution is 2.26. The molecule has 0 bridgehead atoms. The van der Waals surface area contributed by atoms with Gasteiger partial charge in [-0.25, -0.2) is 4.57 Å². The van der Waals surface area contributed by atoms with E-state index < -0.39 is 7.82 Å². The van der Waals surface area contributed by atoms with Crippen LogP contribution in [0.5, 0.6) is 0 Å². The molecular weight excluding hydrogens is 309 g/mol. The molecule has 3 unspecified atom stereocenters. The van der Waals surface area contributed by atoms with Crippen LogP contribution in [0.25, 0.3) is 0 Å². The van der Waals surface area contributed by atoms with Gasteiger partial charge < -0.3 is 14.7 Å². The Morgan fingerprint density at radius 2 is 1.18 bits per heavy atom. The molecule has 0 rings (SSSR count). The topological polar surface area (TPSA) is 77.8 Å². The Labute approximate surface area is 118 Å². The van der Waals surface area contributed by atoms with E-state index in [4.69, 9.17) is 54.0 Å². The van der Waals surface area contributed by atoms with Crippen molar-refractivity contribution < 1.29 is 19.2 Å². The smallest absolute Gasteiger partial charge is 0.303 e.